The number of allylic oxidation sites excluding steroid dienone is 3. The molecular formula is C19H25NO3. The summed E-state index contributed by atoms with van der Waals surface area (Å²) in [5, 5.41) is 0. The van der Waals surface area contributed by atoms with Gasteiger partial charge in [-0.2, -0.15) is 0 Å². The van der Waals surface area contributed by atoms with Crippen LogP contribution in [0.15, 0.2) is 53.4 Å². The first-order valence-corrected chi connectivity index (χ1v) is 7.68. The SMILES string of the molecule is C=N/C(=C\C=C(/C)c1ccccc1)OCCOCC(=O)C(C)C. The van der Waals surface area contributed by atoms with Crippen molar-refractivity contribution in [2.45, 2.75) is 20.8 Å². The summed E-state index contributed by atoms with van der Waals surface area (Å²) in [5.74, 6) is 0.510. The normalized spacial score (nSPS) is 12.3. The van der Waals surface area contributed by atoms with Gasteiger partial charge in [0.2, 0.25) is 5.88 Å². The van der Waals surface area contributed by atoms with E-state index in [1.54, 1.807) is 6.08 Å². The minimum Gasteiger partial charge on any atom is -0.475 e. The smallest absolute Gasteiger partial charge is 0.212 e. The number of hydrogen-bond acceptors (Lipinski definition) is 4. The number of carbonyl (C=O) groups is 1. The van der Waals surface area contributed by atoms with Gasteiger partial charge in [0.25, 0.3) is 0 Å². The van der Waals surface area contributed by atoms with E-state index in [0.717, 1.165) is 11.1 Å². The fourth-order valence-electron chi connectivity index (χ4n) is 1.68. The van der Waals surface area contributed by atoms with Crippen LogP contribution in [-0.4, -0.2) is 32.3 Å². The monoisotopic (exact) mass is 315 g/mol. The highest BCUT2D eigenvalue weighted by atomic mass is 16.5. The molecule has 4 nitrogen and oxygen atoms in total. The standard InChI is InChI=1S/C19H25NO3/c1-15(2)18(21)14-22-12-13-23-19(20-4)11-10-16(3)17-8-6-5-7-9-17/h5-11,15H,4,12-14H2,1-3H3/b16-10+,19-11+. The van der Waals surface area contributed by atoms with E-state index < -0.39 is 0 Å². The minimum atomic E-state index is -0.00711. The van der Waals surface area contributed by atoms with Gasteiger partial charge >= 0.3 is 0 Å². The van der Waals surface area contributed by atoms with Crippen LogP contribution >= 0.6 is 0 Å². The number of carbonyl (C=O) groups excluding carboxylic acids is 1. The van der Waals surface area contributed by atoms with E-state index >= 15 is 0 Å². The molecular weight excluding hydrogens is 290 g/mol. The highest BCUT2D eigenvalue weighted by molar-refractivity contribution is 5.81. The number of ketones is 1. The number of ether oxygens (including phenoxy) is 2. The Morgan fingerprint density at radius 3 is 2.52 bits per heavy atom. The Kier molecular flexibility index (Phi) is 8.62. The summed E-state index contributed by atoms with van der Waals surface area (Å²) >= 11 is 0. The van der Waals surface area contributed by atoms with Crippen molar-refractivity contribution in [3.8, 4) is 0 Å². The summed E-state index contributed by atoms with van der Waals surface area (Å²) in [4.78, 5) is 15.2. The van der Waals surface area contributed by atoms with E-state index in [-0.39, 0.29) is 18.3 Å². The highest BCUT2D eigenvalue weighted by Gasteiger charge is 2.06. The van der Waals surface area contributed by atoms with Crippen molar-refractivity contribution in [1.82, 2.24) is 0 Å². The molecule has 0 saturated carbocycles. The first-order chi connectivity index (χ1) is 11.0. The van der Waals surface area contributed by atoms with Gasteiger partial charge in [-0.05, 0) is 24.8 Å². The summed E-state index contributed by atoms with van der Waals surface area (Å²) in [5.41, 5.74) is 2.25. The molecule has 0 spiro atoms. The van der Waals surface area contributed by atoms with Crippen LogP contribution in [0.3, 0.4) is 0 Å². The minimum absolute atomic E-state index is 0.00711. The lowest BCUT2D eigenvalue weighted by atomic mass is 10.1. The van der Waals surface area contributed by atoms with Crippen molar-refractivity contribution >= 4 is 18.1 Å². The van der Waals surface area contributed by atoms with Crippen LogP contribution < -0.4 is 0 Å². The van der Waals surface area contributed by atoms with E-state index in [4.69, 9.17) is 9.47 Å². The molecule has 23 heavy (non-hydrogen) atoms. The van der Waals surface area contributed by atoms with Crippen LogP contribution in [0.5, 0.6) is 0 Å². The van der Waals surface area contributed by atoms with Gasteiger partial charge in [-0.15, -0.1) is 0 Å². The third-order valence-corrected chi connectivity index (χ3v) is 3.23. The molecule has 1 aromatic carbocycles. The summed E-state index contributed by atoms with van der Waals surface area (Å²) in [6.45, 7) is 10.0. The predicted molar refractivity (Wildman–Crippen MR) is 94.3 cm³/mol. The summed E-state index contributed by atoms with van der Waals surface area (Å²) in [6.07, 6.45) is 3.71. The van der Waals surface area contributed by atoms with Crippen molar-refractivity contribution < 1.29 is 14.3 Å². The first-order valence-electron chi connectivity index (χ1n) is 7.68. The van der Waals surface area contributed by atoms with E-state index in [9.17, 15) is 4.79 Å². The quantitative estimate of drug-likeness (QED) is 0.285. The van der Waals surface area contributed by atoms with E-state index in [1.807, 2.05) is 57.2 Å². The average Bonchev–Trinajstić information content (AvgIpc) is 2.57. The molecule has 0 saturated heterocycles. The van der Waals surface area contributed by atoms with Gasteiger partial charge < -0.3 is 9.47 Å². The van der Waals surface area contributed by atoms with Crippen LogP contribution in [0.25, 0.3) is 5.57 Å². The lowest BCUT2D eigenvalue weighted by molar-refractivity contribution is -0.126. The van der Waals surface area contributed by atoms with Crippen molar-refractivity contribution in [3.63, 3.8) is 0 Å². The van der Waals surface area contributed by atoms with Crippen molar-refractivity contribution in [2.75, 3.05) is 19.8 Å². The molecule has 0 aromatic heterocycles. The van der Waals surface area contributed by atoms with Gasteiger partial charge in [-0.1, -0.05) is 50.3 Å². The molecule has 0 bridgehead atoms. The number of nitrogens with zero attached hydrogens (tertiary/aromatic N) is 1. The number of benzene rings is 1. The number of aliphatic imine (C=N–C) groups is 1. The van der Waals surface area contributed by atoms with Crippen LogP contribution in [0, 0.1) is 5.92 Å². The molecule has 0 aliphatic rings. The van der Waals surface area contributed by atoms with E-state index in [2.05, 4.69) is 11.7 Å². The van der Waals surface area contributed by atoms with Gasteiger partial charge in [-0.3, -0.25) is 4.79 Å². The van der Waals surface area contributed by atoms with Crippen molar-refractivity contribution in [2.24, 2.45) is 10.9 Å². The zero-order valence-electron chi connectivity index (χ0n) is 14.1. The first kappa shape index (κ1) is 18.8. The maximum Gasteiger partial charge on any atom is 0.212 e. The Morgan fingerprint density at radius 1 is 1.22 bits per heavy atom. The molecule has 0 atom stereocenters. The molecule has 1 aromatic rings. The molecule has 0 radical (unpaired) electrons. The maximum atomic E-state index is 11.4. The zero-order valence-corrected chi connectivity index (χ0v) is 14.1. The third kappa shape index (κ3) is 7.56. The topological polar surface area (TPSA) is 47.9 Å². The number of rotatable bonds is 10. The molecule has 0 aliphatic heterocycles. The van der Waals surface area contributed by atoms with Gasteiger partial charge in [0.15, 0.2) is 5.78 Å². The molecule has 0 heterocycles. The third-order valence-electron chi connectivity index (χ3n) is 3.23. The van der Waals surface area contributed by atoms with Gasteiger partial charge in [0.05, 0.1) is 6.61 Å². The highest BCUT2D eigenvalue weighted by Crippen LogP contribution is 2.13. The Morgan fingerprint density at radius 2 is 1.91 bits per heavy atom. The van der Waals surface area contributed by atoms with E-state index in [1.165, 1.54) is 0 Å². The number of Topliss-reactive ketones (excluding diaryl/α,β-unsaturated/α-hetero) is 1. The average molecular weight is 315 g/mol. The Balaban J connectivity index is 2.42. The van der Waals surface area contributed by atoms with Crippen LogP contribution in [0.4, 0.5) is 0 Å². The van der Waals surface area contributed by atoms with Crippen LogP contribution in [0.1, 0.15) is 26.3 Å². The van der Waals surface area contributed by atoms with Gasteiger partial charge in [0.1, 0.15) is 13.2 Å². The fourth-order valence-corrected chi connectivity index (χ4v) is 1.68. The molecule has 1 rings (SSSR count). The second-order valence-electron chi connectivity index (χ2n) is 5.40. The lowest BCUT2D eigenvalue weighted by Gasteiger charge is -2.07. The zero-order chi connectivity index (χ0) is 17.1. The molecule has 0 unspecified atom stereocenters. The molecule has 0 N–H and O–H groups in total. The largest absolute Gasteiger partial charge is 0.475 e. The van der Waals surface area contributed by atoms with Gasteiger partial charge in [-0.25, -0.2) is 4.99 Å². The molecule has 0 amide bonds. The number of hydrogen-bond donors (Lipinski definition) is 0. The lowest BCUT2D eigenvalue weighted by Crippen LogP contribution is -2.16. The van der Waals surface area contributed by atoms with Crippen molar-refractivity contribution in [1.29, 1.82) is 0 Å². The van der Waals surface area contributed by atoms with Crippen LogP contribution in [-0.2, 0) is 14.3 Å². The fraction of sp³-hybridized carbons (Fsp3) is 0.368. The summed E-state index contributed by atoms with van der Waals surface area (Å²) in [6, 6.07) is 10.1. The van der Waals surface area contributed by atoms with Gasteiger partial charge in [0, 0.05) is 12.0 Å². The second-order valence-corrected chi connectivity index (χ2v) is 5.40. The second kappa shape index (κ2) is 10.5. The Bertz CT molecular complexity index is 559. The predicted octanol–water partition coefficient (Wildman–Crippen LogP) is 3.89. The Labute approximate surface area is 138 Å². The molecule has 0 aliphatic carbocycles. The molecule has 0 fully saturated rings. The maximum absolute atomic E-state index is 11.4. The Hall–Kier alpha value is -2.20. The summed E-state index contributed by atoms with van der Waals surface area (Å²) in [7, 11) is 0. The molecule has 124 valence electrons. The molecule has 4 heteroatoms. The van der Waals surface area contributed by atoms with E-state index in [0.29, 0.717) is 19.1 Å². The summed E-state index contributed by atoms with van der Waals surface area (Å²) < 4.78 is 10.7. The van der Waals surface area contributed by atoms with Crippen LogP contribution in [0.2, 0.25) is 0 Å². The van der Waals surface area contributed by atoms with Crippen molar-refractivity contribution in [3.05, 3.63) is 53.9 Å².